The molecule has 0 heterocycles. The molecule has 94 valence electrons. The van der Waals surface area contributed by atoms with Gasteiger partial charge in [-0.15, -0.1) is 0 Å². The van der Waals surface area contributed by atoms with Crippen LogP contribution in [0.5, 0.6) is 11.5 Å². The highest BCUT2D eigenvalue weighted by Crippen LogP contribution is 2.31. The van der Waals surface area contributed by atoms with Gasteiger partial charge in [0.05, 0.1) is 5.69 Å². The molecule has 2 nitrogen and oxygen atoms in total. The summed E-state index contributed by atoms with van der Waals surface area (Å²) in [4.78, 5) is 0. The SMILES string of the molecule is Cc1ccc(F)c(Oc2cc(C)c(F)cc2N)c1. The molecule has 0 saturated heterocycles. The lowest BCUT2D eigenvalue weighted by atomic mass is 10.2. The van der Waals surface area contributed by atoms with Crippen molar-refractivity contribution in [3.05, 3.63) is 53.1 Å². The average molecular weight is 249 g/mol. The average Bonchev–Trinajstić information content (AvgIpc) is 2.30. The van der Waals surface area contributed by atoms with Crippen LogP contribution in [-0.4, -0.2) is 0 Å². The largest absolute Gasteiger partial charge is 0.452 e. The number of aryl methyl sites for hydroxylation is 2. The number of benzene rings is 2. The summed E-state index contributed by atoms with van der Waals surface area (Å²) in [5.41, 5.74) is 7.04. The van der Waals surface area contributed by atoms with E-state index in [2.05, 4.69) is 0 Å². The minimum atomic E-state index is -0.484. The number of halogens is 2. The quantitative estimate of drug-likeness (QED) is 0.818. The van der Waals surface area contributed by atoms with E-state index in [9.17, 15) is 8.78 Å². The summed E-state index contributed by atoms with van der Waals surface area (Å²) >= 11 is 0. The van der Waals surface area contributed by atoms with Crippen LogP contribution in [0.4, 0.5) is 14.5 Å². The molecule has 18 heavy (non-hydrogen) atoms. The van der Waals surface area contributed by atoms with Gasteiger partial charge in [0.2, 0.25) is 0 Å². The molecule has 0 unspecified atom stereocenters. The number of ether oxygens (including phenoxy) is 1. The third-order valence-corrected chi connectivity index (χ3v) is 2.60. The Morgan fingerprint density at radius 1 is 0.944 bits per heavy atom. The van der Waals surface area contributed by atoms with E-state index in [0.717, 1.165) is 5.56 Å². The van der Waals surface area contributed by atoms with Crippen LogP contribution in [0.25, 0.3) is 0 Å². The third kappa shape index (κ3) is 2.42. The lowest BCUT2D eigenvalue weighted by Crippen LogP contribution is -1.96. The molecule has 0 spiro atoms. The monoisotopic (exact) mass is 249 g/mol. The van der Waals surface area contributed by atoms with Gasteiger partial charge < -0.3 is 10.5 Å². The first kappa shape index (κ1) is 12.4. The van der Waals surface area contributed by atoms with Gasteiger partial charge in [-0.05, 0) is 43.2 Å². The standard InChI is InChI=1S/C14H13F2NO/c1-8-3-4-10(15)13(5-8)18-14-6-9(2)11(16)7-12(14)17/h3-7H,17H2,1-2H3. The predicted octanol–water partition coefficient (Wildman–Crippen LogP) is 3.96. The summed E-state index contributed by atoms with van der Waals surface area (Å²) in [6.45, 7) is 3.42. The van der Waals surface area contributed by atoms with E-state index in [0.29, 0.717) is 5.56 Å². The van der Waals surface area contributed by atoms with Gasteiger partial charge in [-0.1, -0.05) is 6.07 Å². The Labute approximate surface area is 104 Å². The van der Waals surface area contributed by atoms with Crippen molar-refractivity contribution >= 4 is 5.69 Å². The van der Waals surface area contributed by atoms with Crippen molar-refractivity contribution in [3.8, 4) is 11.5 Å². The summed E-state index contributed by atoms with van der Waals surface area (Å²) in [7, 11) is 0. The lowest BCUT2D eigenvalue weighted by Gasteiger charge is -2.11. The summed E-state index contributed by atoms with van der Waals surface area (Å²) in [5.74, 6) is -0.572. The molecule has 0 radical (unpaired) electrons. The Morgan fingerprint density at radius 2 is 1.67 bits per heavy atom. The molecular formula is C14H13F2NO. The molecule has 0 aliphatic carbocycles. The molecule has 4 heteroatoms. The molecule has 0 bridgehead atoms. The number of anilines is 1. The highest BCUT2D eigenvalue weighted by molar-refractivity contribution is 5.56. The maximum Gasteiger partial charge on any atom is 0.165 e. The molecule has 0 aliphatic rings. The van der Waals surface area contributed by atoms with Gasteiger partial charge in [-0.3, -0.25) is 0 Å². The topological polar surface area (TPSA) is 35.2 Å². The second-order valence-corrected chi connectivity index (χ2v) is 4.18. The Kier molecular flexibility index (Phi) is 3.19. The van der Waals surface area contributed by atoms with E-state index in [4.69, 9.17) is 10.5 Å². The van der Waals surface area contributed by atoms with Crippen LogP contribution in [0.3, 0.4) is 0 Å². The van der Waals surface area contributed by atoms with Gasteiger partial charge in [-0.25, -0.2) is 8.78 Å². The molecule has 0 aliphatic heterocycles. The zero-order valence-electron chi connectivity index (χ0n) is 10.1. The van der Waals surface area contributed by atoms with Gasteiger partial charge in [0, 0.05) is 6.07 Å². The van der Waals surface area contributed by atoms with E-state index in [1.54, 1.807) is 19.1 Å². The zero-order chi connectivity index (χ0) is 13.3. The van der Waals surface area contributed by atoms with Gasteiger partial charge in [0.25, 0.3) is 0 Å². The van der Waals surface area contributed by atoms with E-state index in [-0.39, 0.29) is 17.2 Å². The molecule has 2 aromatic rings. The van der Waals surface area contributed by atoms with Crippen molar-refractivity contribution in [2.45, 2.75) is 13.8 Å². The Hall–Kier alpha value is -2.10. The lowest BCUT2D eigenvalue weighted by molar-refractivity contribution is 0.442. The van der Waals surface area contributed by atoms with Crippen LogP contribution < -0.4 is 10.5 Å². The first-order valence-electron chi connectivity index (χ1n) is 5.47. The number of nitrogen functional groups attached to an aromatic ring is 1. The van der Waals surface area contributed by atoms with E-state index in [1.165, 1.54) is 18.2 Å². The molecule has 2 N–H and O–H groups in total. The molecule has 2 aromatic carbocycles. The van der Waals surface area contributed by atoms with Crippen LogP contribution >= 0.6 is 0 Å². The highest BCUT2D eigenvalue weighted by atomic mass is 19.1. The fraction of sp³-hybridized carbons (Fsp3) is 0.143. The van der Waals surface area contributed by atoms with Crippen LogP contribution in [0.2, 0.25) is 0 Å². The number of rotatable bonds is 2. The van der Waals surface area contributed by atoms with Crippen molar-refractivity contribution in [3.63, 3.8) is 0 Å². The van der Waals surface area contributed by atoms with E-state index >= 15 is 0 Å². The molecule has 0 atom stereocenters. The molecule has 0 fully saturated rings. The molecule has 0 amide bonds. The van der Waals surface area contributed by atoms with Crippen molar-refractivity contribution < 1.29 is 13.5 Å². The second-order valence-electron chi connectivity index (χ2n) is 4.18. The van der Waals surface area contributed by atoms with Crippen LogP contribution in [-0.2, 0) is 0 Å². The first-order valence-corrected chi connectivity index (χ1v) is 5.47. The minimum Gasteiger partial charge on any atom is -0.452 e. The fourth-order valence-corrected chi connectivity index (χ4v) is 1.57. The Bertz CT molecular complexity index is 597. The Balaban J connectivity index is 2.40. The van der Waals surface area contributed by atoms with Crippen molar-refractivity contribution in [2.24, 2.45) is 0 Å². The fourth-order valence-electron chi connectivity index (χ4n) is 1.57. The van der Waals surface area contributed by atoms with Crippen molar-refractivity contribution in [1.29, 1.82) is 0 Å². The van der Waals surface area contributed by atoms with Gasteiger partial charge in [-0.2, -0.15) is 0 Å². The summed E-state index contributed by atoms with van der Waals surface area (Å²) in [6, 6.07) is 7.14. The molecule has 0 aromatic heterocycles. The first-order chi connectivity index (χ1) is 8.47. The maximum absolute atomic E-state index is 13.5. The number of nitrogens with two attached hydrogens (primary N) is 1. The highest BCUT2D eigenvalue weighted by Gasteiger charge is 2.10. The smallest absolute Gasteiger partial charge is 0.165 e. The normalized spacial score (nSPS) is 10.4. The second kappa shape index (κ2) is 4.64. The predicted molar refractivity (Wildman–Crippen MR) is 66.8 cm³/mol. The molecule has 0 saturated carbocycles. The van der Waals surface area contributed by atoms with Crippen LogP contribution in [0.15, 0.2) is 30.3 Å². The summed E-state index contributed by atoms with van der Waals surface area (Å²) in [6.07, 6.45) is 0. The van der Waals surface area contributed by atoms with E-state index in [1.807, 2.05) is 6.92 Å². The summed E-state index contributed by atoms with van der Waals surface area (Å²) < 4.78 is 32.1. The van der Waals surface area contributed by atoms with Crippen LogP contribution in [0, 0.1) is 25.5 Å². The van der Waals surface area contributed by atoms with Crippen molar-refractivity contribution in [2.75, 3.05) is 5.73 Å². The Morgan fingerprint density at radius 3 is 2.39 bits per heavy atom. The molecule has 2 rings (SSSR count). The third-order valence-electron chi connectivity index (χ3n) is 2.60. The van der Waals surface area contributed by atoms with Gasteiger partial charge in [0.1, 0.15) is 5.82 Å². The maximum atomic E-state index is 13.5. The zero-order valence-corrected chi connectivity index (χ0v) is 10.1. The minimum absolute atomic E-state index is 0.0766. The number of hydrogen-bond donors (Lipinski definition) is 1. The number of hydrogen-bond acceptors (Lipinski definition) is 2. The summed E-state index contributed by atoms with van der Waals surface area (Å²) in [5, 5.41) is 0. The molecular weight excluding hydrogens is 236 g/mol. The van der Waals surface area contributed by atoms with Gasteiger partial charge in [0.15, 0.2) is 17.3 Å². The van der Waals surface area contributed by atoms with Crippen molar-refractivity contribution in [1.82, 2.24) is 0 Å². The van der Waals surface area contributed by atoms with E-state index < -0.39 is 11.6 Å². The van der Waals surface area contributed by atoms with Crippen LogP contribution in [0.1, 0.15) is 11.1 Å². The van der Waals surface area contributed by atoms with Gasteiger partial charge >= 0.3 is 0 Å².